The monoisotopic (exact) mass is 200 g/mol. The second-order valence-corrected chi connectivity index (χ2v) is 5.60. The lowest BCUT2D eigenvalue weighted by molar-refractivity contribution is -0.155. The van der Waals surface area contributed by atoms with Gasteiger partial charge in [0.05, 0.1) is 0 Å². The first kappa shape index (κ1) is 13.5. The Hall–Kier alpha value is -0.530. The highest BCUT2D eigenvalue weighted by Gasteiger charge is 2.20. The van der Waals surface area contributed by atoms with Crippen molar-refractivity contribution in [3.63, 3.8) is 0 Å². The van der Waals surface area contributed by atoms with E-state index in [-0.39, 0.29) is 17.0 Å². The first-order valence-corrected chi connectivity index (χ1v) is 5.38. The molecule has 0 aliphatic rings. The van der Waals surface area contributed by atoms with E-state index >= 15 is 0 Å². The summed E-state index contributed by atoms with van der Waals surface area (Å²) in [4.78, 5) is 11.4. The quantitative estimate of drug-likeness (QED) is 0.649. The van der Waals surface area contributed by atoms with Crippen LogP contribution in [0.1, 0.15) is 60.8 Å². The van der Waals surface area contributed by atoms with Crippen molar-refractivity contribution in [3.05, 3.63) is 0 Å². The standard InChI is InChI=1S/C12H24O2/c1-7-12(5,6)9-8-10(13)14-11(2,3)4/h7-9H2,1-6H3. The van der Waals surface area contributed by atoms with Gasteiger partial charge in [0.25, 0.3) is 0 Å². The Morgan fingerprint density at radius 2 is 1.64 bits per heavy atom. The molecule has 0 aromatic heterocycles. The molecular weight excluding hydrogens is 176 g/mol. The third-order valence-electron chi connectivity index (χ3n) is 2.38. The van der Waals surface area contributed by atoms with Crippen LogP contribution in [0.5, 0.6) is 0 Å². The van der Waals surface area contributed by atoms with Crippen LogP contribution in [-0.2, 0) is 9.53 Å². The number of hydrogen-bond acceptors (Lipinski definition) is 2. The Balaban J connectivity index is 3.87. The maximum atomic E-state index is 11.4. The van der Waals surface area contributed by atoms with Gasteiger partial charge >= 0.3 is 5.97 Å². The summed E-state index contributed by atoms with van der Waals surface area (Å²) in [5.74, 6) is -0.0842. The number of carbonyl (C=O) groups excluding carboxylic acids is 1. The van der Waals surface area contributed by atoms with Crippen LogP contribution in [0, 0.1) is 5.41 Å². The summed E-state index contributed by atoms with van der Waals surface area (Å²) < 4.78 is 5.24. The van der Waals surface area contributed by atoms with Crippen molar-refractivity contribution in [3.8, 4) is 0 Å². The van der Waals surface area contributed by atoms with Gasteiger partial charge in [-0.3, -0.25) is 4.79 Å². The molecule has 0 N–H and O–H groups in total. The Morgan fingerprint density at radius 1 is 1.14 bits per heavy atom. The van der Waals surface area contributed by atoms with Gasteiger partial charge in [-0.1, -0.05) is 27.2 Å². The van der Waals surface area contributed by atoms with Crippen molar-refractivity contribution < 1.29 is 9.53 Å². The maximum Gasteiger partial charge on any atom is 0.306 e. The van der Waals surface area contributed by atoms with Crippen LogP contribution in [0.15, 0.2) is 0 Å². The SMILES string of the molecule is CCC(C)(C)CCC(=O)OC(C)(C)C. The van der Waals surface area contributed by atoms with Crippen LogP contribution in [-0.4, -0.2) is 11.6 Å². The van der Waals surface area contributed by atoms with Gasteiger partial charge in [-0.2, -0.15) is 0 Å². The fraction of sp³-hybridized carbons (Fsp3) is 0.917. The Bertz CT molecular complexity index is 187. The molecule has 0 fully saturated rings. The first-order valence-electron chi connectivity index (χ1n) is 5.38. The number of hydrogen-bond donors (Lipinski definition) is 0. The molecule has 0 rings (SSSR count). The second kappa shape index (κ2) is 4.81. The summed E-state index contributed by atoms with van der Waals surface area (Å²) in [7, 11) is 0. The van der Waals surface area contributed by atoms with Crippen LogP contribution < -0.4 is 0 Å². The lowest BCUT2D eigenvalue weighted by Crippen LogP contribution is -2.24. The Labute approximate surface area is 88.0 Å². The van der Waals surface area contributed by atoms with Crippen molar-refractivity contribution in [2.45, 2.75) is 66.4 Å². The molecule has 14 heavy (non-hydrogen) atoms. The van der Waals surface area contributed by atoms with Gasteiger partial charge in [0.1, 0.15) is 5.60 Å². The minimum absolute atomic E-state index is 0.0842. The van der Waals surface area contributed by atoms with Crippen molar-refractivity contribution >= 4 is 5.97 Å². The molecule has 0 aromatic rings. The molecule has 2 heteroatoms. The molecule has 0 saturated carbocycles. The predicted molar refractivity (Wildman–Crippen MR) is 59.2 cm³/mol. The highest BCUT2D eigenvalue weighted by molar-refractivity contribution is 5.69. The third-order valence-corrected chi connectivity index (χ3v) is 2.38. The normalized spacial score (nSPS) is 12.7. The molecule has 0 aromatic carbocycles. The van der Waals surface area contributed by atoms with Gasteiger partial charge < -0.3 is 4.74 Å². The zero-order valence-corrected chi connectivity index (χ0v) is 10.4. The topological polar surface area (TPSA) is 26.3 Å². The Morgan fingerprint density at radius 3 is 2.00 bits per heavy atom. The summed E-state index contributed by atoms with van der Waals surface area (Å²) >= 11 is 0. The minimum Gasteiger partial charge on any atom is -0.460 e. The molecule has 0 spiro atoms. The number of rotatable bonds is 4. The van der Waals surface area contributed by atoms with E-state index in [9.17, 15) is 4.79 Å². The summed E-state index contributed by atoms with van der Waals surface area (Å²) in [5, 5.41) is 0. The van der Waals surface area contributed by atoms with Crippen LogP contribution in [0.3, 0.4) is 0 Å². The van der Waals surface area contributed by atoms with Crippen LogP contribution >= 0.6 is 0 Å². The number of esters is 1. The van der Waals surface area contributed by atoms with E-state index in [1.54, 1.807) is 0 Å². The molecule has 0 amide bonds. The maximum absolute atomic E-state index is 11.4. The predicted octanol–water partition coefficient (Wildman–Crippen LogP) is 3.54. The molecule has 0 bridgehead atoms. The molecule has 0 heterocycles. The van der Waals surface area contributed by atoms with Gasteiger partial charge in [-0.05, 0) is 32.6 Å². The zero-order valence-electron chi connectivity index (χ0n) is 10.4. The van der Waals surface area contributed by atoms with Gasteiger partial charge in [0.15, 0.2) is 0 Å². The zero-order chi connectivity index (χ0) is 11.4. The van der Waals surface area contributed by atoms with Crippen molar-refractivity contribution in [1.29, 1.82) is 0 Å². The molecule has 0 aliphatic carbocycles. The summed E-state index contributed by atoms with van der Waals surface area (Å²) in [5.41, 5.74) is -0.107. The fourth-order valence-corrected chi connectivity index (χ4v) is 1.01. The van der Waals surface area contributed by atoms with E-state index < -0.39 is 0 Å². The lowest BCUT2D eigenvalue weighted by atomic mass is 9.85. The van der Waals surface area contributed by atoms with E-state index in [0.717, 1.165) is 12.8 Å². The molecule has 0 radical (unpaired) electrons. The van der Waals surface area contributed by atoms with E-state index in [2.05, 4.69) is 20.8 Å². The van der Waals surface area contributed by atoms with Crippen LogP contribution in [0.2, 0.25) is 0 Å². The number of carbonyl (C=O) groups is 1. The van der Waals surface area contributed by atoms with Gasteiger partial charge in [-0.15, -0.1) is 0 Å². The molecule has 0 atom stereocenters. The molecule has 84 valence electrons. The average Bonchev–Trinajstić information content (AvgIpc) is 1.98. The summed E-state index contributed by atoms with van der Waals surface area (Å²) in [6.07, 6.45) is 2.52. The van der Waals surface area contributed by atoms with Crippen molar-refractivity contribution in [2.75, 3.05) is 0 Å². The second-order valence-electron chi connectivity index (χ2n) is 5.60. The molecule has 2 nitrogen and oxygen atoms in total. The molecule has 0 unspecified atom stereocenters. The smallest absolute Gasteiger partial charge is 0.306 e. The van der Waals surface area contributed by atoms with Gasteiger partial charge in [0.2, 0.25) is 0 Å². The lowest BCUT2D eigenvalue weighted by Gasteiger charge is -2.24. The van der Waals surface area contributed by atoms with Crippen LogP contribution in [0.25, 0.3) is 0 Å². The number of ether oxygens (including phenoxy) is 1. The van der Waals surface area contributed by atoms with Crippen molar-refractivity contribution in [2.24, 2.45) is 5.41 Å². The van der Waals surface area contributed by atoms with Crippen molar-refractivity contribution in [1.82, 2.24) is 0 Å². The highest BCUT2D eigenvalue weighted by atomic mass is 16.6. The third kappa shape index (κ3) is 6.93. The average molecular weight is 200 g/mol. The largest absolute Gasteiger partial charge is 0.460 e. The van der Waals surface area contributed by atoms with Crippen LogP contribution in [0.4, 0.5) is 0 Å². The van der Waals surface area contributed by atoms with Gasteiger partial charge in [0, 0.05) is 6.42 Å². The highest BCUT2D eigenvalue weighted by Crippen LogP contribution is 2.26. The first-order chi connectivity index (χ1) is 6.16. The summed E-state index contributed by atoms with van der Waals surface area (Å²) in [6, 6.07) is 0. The molecule has 0 aliphatic heterocycles. The summed E-state index contributed by atoms with van der Waals surface area (Å²) in [6.45, 7) is 12.2. The van der Waals surface area contributed by atoms with Gasteiger partial charge in [-0.25, -0.2) is 0 Å². The molecule has 0 saturated heterocycles. The Kier molecular flexibility index (Phi) is 4.63. The van der Waals surface area contributed by atoms with E-state index in [1.165, 1.54) is 0 Å². The fourth-order valence-electron chi connectivity index (χ4n) is 1.01. The molecular formula is C12H24O2. The van der Waals surface area contributed by atoms with E-state index in [4.69, 9.17) is 4.74 Å². The minimum atomic E-state index is -0.354. The van der Waals surface area contributed by atoms with E-state index in [0.29, 0.717) is 6.42 Å². The van der Waals surface area contributed by atoms with E-state index in [1.807, 2.05) is 20.8 Å².